The van der Waals surface area contributed by atoms with Crippen LogP contribution in [0.5, 0.6) is 5.75 Å². The van der Waals surface area contributed by atoms with E-state index in [-0.39, 0.29) is 11.9 Å². The highest BCUT2D eigenvalue weighted by atomic mass is 16.5. The molecule has 0 aromatic heterocycles. The zero-order chi connectivity index (χ0) is 18.2. The number of piperidine rings is 1. The van der Waals surface area contributed by atoms with E-state index < -0.39 is 0 Å². The van der Waals surface area contributed by atoms with E-state index in [9.17, 15) is 4.79 Å². The Morgan fingerprint density at radius 1 is 1.12 bits per heavy atom. The minimum absolute atomic E-state index is 0.0249. The zero-order valence-electron chi connectivity index (χ0n) is 15.4. The first-order valence-electron chi connectivity index (χ1n) is 9.55. The second kappa shape index (κ2) is 9.39. The summed E-state index contributed by atoms with van der Waals surface area (Å²) >= 11 is 0. The van der Waals surface area contributed by atoms with Crippen molar-refractivity contribution in [1.82, 2.24) is 5.32 Å². The van der Waals surface area contributed by atoms with Crippen LogP contribution >= 0.6 is 0 Å². The van der Waals surface area contributed by atoms with Crippen molar-refractivity contribution in [3.63, 3.8) is 0 Å². The maximum atomic E-state index is 12.6. The normalized spacial score (nSPS) is 19.7. The van der Waals surface area contributed by atoms with Crippen LogP contribution < -0.4 is 15.4 Å². The van der Waals surface area contributed by atoms with E-state index >= 15 is 0 Å². The number of ether oxygens (including phenoxy) is 1. The minimum Gasteiger partial charge on any atom is -0.491 e. The van der Waals surface area contributed by atoms with Crippen molar-refractivity contribution in [3.8, 4) is 5.75 Å². The van der Waals surface area contributed by atoms with Crippen LogP contribution in [0.15, 0.2) is 54.6 Å². The molecule has 1 heterocycles. The first-order valence-corrected chi connectivity index (χ1v) is 9.55. The van der Waals surface area contributed by atoms with Gasteiger partial charge in [-0.25, -0.2) is 0 Å². The van der Waals surface area contributed by atoms with Crippen molar-refractivity contribution in [2.24, 2.45) is 0 Å². The number of amides is 1. The Hall–Kier alpha value is -2.33. The van der Waals surface area contributed by atoms with Crippen molar-refractivity contribution in [1.29, 1.82) is 0 Å². The van der Waals surface area contributed by atoms with Crippen LogP contribution in [0.3, 0.4) is 0 Å². The molecule has 2 N–H and O–H groups in total. The Kier molecular flexibility index (Phi) is 6.67. The molecule has 4 nitrogen and oxygen atoms in total. The summed E-state index contributed by atoms with van der Waals surface area (Å²) in [6.45, 7) is 2.75. The van der Waals surface area contributed by atoms with E-state index in [0.29, 0.717) is 12.6 Å². The summed E-state index contributed by atoms with van der Waals surface area (Å²) in [5, 5.41) is 6.41. The molecule has 0 bridgehead atoms. The predicted molar refractivity (Wildman–Crippen MR) is 106 cm³/mol. The molecule has 2 aromatic carbocycles. The number of hydrogen-bond acceptors (Lipinski definition) is 3. The standard InChI is InChI=1S/C22H28N2O2/c1-17-9-7-14-20(23-17)22(25)24-19-13-5-6-15-21(19)26-16-8-12-18-10-3-2-4-11-18/h2-6,10-11,13,15,17,20,23H,7-9,12,14,16H2,1H3,(H,24,25). The third-order valence-corrected chi connectivity index (χ3v) is 4.79. The van der Waals surface area contributed by atoms with Gasteiger partial charge in [0.2, 0.25) is 5.91 Å². The number of carbonyl (C=O) groups is 1. The van der Waals surface area contributed by atoms with Crippen LogP contribution in [0.1, 0.15) is 38.2 Å². The Morgan fingerprint density at radius 2 is 1.88 bits per heavy atom. The molecule has 1 aliphatic rings. The molecule has 1 fully saturated rings. The molecule has 1 saturated heterocycles. The molecule has 1 aliphatic heterocycles. The Bertz CT molecular complexity index is 702. The fourth-order valence-corrected chi connectivity index (χ4v) is 3.36. The Morgan fingerprint density at radius 3 is 2.69 bits per heavy atom. The second-order valence-electron chi connectivity index (χ2n) is 6.97. The largest absolute Gasteiger partial charge is 0.491 e. The number of rotatable bonds is 7. The molecule has 2 aromatic rings. The molecule has 2 unspecified atom stereocenters. The SMILES string of the molecule is CC1CCCC(C(=O)Nc2ccccc2OCCCc2ccccc2)N1. The number of aryl methyl sites for hydroxylation is 1. The molecule has 138 valence electrons. The summed E-state index contributed by atoms with van der Waals surface area (Å²) in [5.74, 6) is 0.759. The first-order chi connectivity index (χ1) is 12.7. The van der Waals surface area contributed by atoms with Crippen LogP contribution in [-0.2, 0) is 11.2 Å². The summed E-state index contributed by atoms with van der Waals surface area (Å²) in [6.07, 6.45) is 5.03. The molecule has 3 rings (SSSR count). The lowest BCUT2D eigenvalue weighted by Crippen LogP contribution is -2.47. The number of hydrogen-bond donors (Lipinski definition) is 2. The second-order valence-corrected chi connectivity index (χ2v) is 6.97. The van der Waals surface area contributed by atoms with Crippen molar-refractivity contribution in [3.05, 3.63) is 60.2 Å². The molecule has 0 aliphatic carbocycles. The smallest absolute Gasteiger partial charge is 0.241 e. The maximum Gasteiger partial charge on any atom is 0.241 e. The lowest BCUT2D eigenvalue weighted by molar-refractivity contribution is -0.118. The quantitative estimate of drug-likeness (QED) is 0.736. The summed E-state index contributed by atoms with van der Waals surface area (Å²) in [7, 11) is 0. The summed E-state index contributed by atoms with van der Waals surface area (Å²) in [6, 6.07) is 18.3. The van der Waals surface area contributed by atoms with Gasteiger partial charge in [-0.1, -0.05) is 42.5 Å². The number of benzene rings is 2. The third-order valence-electron chi connectivity index (χ3n) is 4.79. The fraction of sp³-hybridized carbons (Fsp3) is 0.409. The van der Waals surface area contributed by atoms with Crippen molar-refractivity contribution >= 4 is 11.6 Å². The summed E-state index contributed by atoms with van der Waals surface area (Å²) in [5.41, 5.74) is 2.06. The average Bonchev–Trinajstić information content (AvgIpc) is 2.67. The molecule has 0 radical (unpaired) electrons. The number of anilines is 1. The fourth-order valence-electron chi connectivity index (χ4n) is 3.36. The van der Waals surface area contributed by atoms with E-state index in [1.165, 1.54) is 5.56 Å². The topological polar surface area (TPSA) is 50.4 Å². The van der Waals surface area contributed by atoms with Crippen molar-refractivity contribution in [2.75, 3.05) is 11.9 Å². The lowest BCUT2D eigenvalue weighted by Gasteiger charge is -2.28. The highest BCUT2D eigenvalue weighted by molar-refractivity contribution is 5.96. The van der Waals surface area contributed by atoms with Gasteiger partial charge in [-0.15, -0.1) is 0 Å². The van der Waals surface area contributed by atoms with Crippen LogP contribution in [0.2, 0.25) is 0 Å². The highest BCUT2D eigenvalue weighted by Crippen LogP contribution is 2.25. The van der Waals surface area contributed by atoms with Crippen LogP contribution in [-0.4, -0.2) is 24.6 Å². The van der Waals surface area contributed by atoms with Crippen molar-refractivity contribution < 1.29 is 9.53 Å². The zero-order valence-corrected chi connectivity index (χ0v) is 15.4. The molecule has 2 atom stereocenters. The number of carbonyl (C=O) groups excluding carboxylic acids is 1. The highest BCUT2D eigenvalue weighted by Gasteiger charge is 2.24. The predicted octanol–water partition coefficient (Wildman–Crippen LogP) is 4.17. The number of para-hydroxylation sites is 2. The van der Waals surface area contributed by atoms with Gasteiger partial charge in [0.15, 0.2) is 0 Å². The van der Waals surface area contributed by atoms with E-state index in [0.717, 1.165) is 43.5 Å². The summed E-state index contributed by atoms with van der Waals surface area (Å²) < 4.78 is 5.93. The molecular weight excluding hydrogens is 324 g/mol. The van der Waals surface area contributed by atoms with Crippen LogP contribution in [0.4, 0.5) is 5.69 Å². The lowest BCUT2D eigenvalue weighted by atomic mass is 9.99. The van der Waals surface area contributed by atoms with Gasteiger partial charge in [0, 0.05) is 6.04 Å². The Balaban J connectivity index is 1.51. The van der Waals surface area contributed by atoms with E-state index in [1.807, 2.05) is 30.3 Å². The van der Waals surface area contributed by atoms with Gasteiger partial charge < -0.3 is 15.4 Å². The molecule has 1 amide bonds. The van der Waals surface area contributed by atoms with Gasteiger partial charge in [0.1, 0.15) is 5.75 Å². The first kappa shape index (κ1) is 18.5. The number of nitrogens with one attached hydrogen (secondary N) is 2. The van der Waals surface area contributed by atoms with Gasteiger partial charge in [-0.2, -0.15) is 0 Å². The van der Waals surface area contributed by atoms with E-state index in [1.54, 1.807) is 0 Å². The van der Waals surface area contributed by atoms with Gasteiger partial charge in [0.25, 0.3) is 0 Å². The summed E-state index contributed by atoms with van der Waals surface area (Å²) in [4.78, 5) is 12.6. The molecular formula is C22H28N2O2. The Labute approximate surface area is 156 Å². The monoisotopic (exact) mass is 352 g/mol. The third kappa shape index (κ3) is 5.33. The molecule has 4 heteroatoms. The molecule has 0 spiro atoms. The van der Waals surface area contributed by atoms with Crippen molar-refractivity contribution in [2.45, 2.75) is 51.1 Å². The van der Waals surface area contributed by atoms with Crippen LogP contribution in [0, 0.1) is 0 Å². The average molecular weight is 352 g/mol. The maximum absolute atomic E-state index is 12.6. The van der Waals surface area contributed by atoms with E-state index in [4.69, 9.17) is 4.74 Å². The van der Waals surface area contributed by atoms with E-state index in [2.05, 4.69) is 41.8 Å². The van der Waals surface area contributed by atoms with Gasteiger partial charge in [-0.3, -0.25) is 4.79 Å². The molecule has 26 heavy (non-hydrogen) atoms. The minimum atomic E-state index is -0.120. The van der Waals surface area contributed by atoms with Gasteiger partial charge in [0.05, 0.1) is 18.3 Å². The van der Waals surface area contributed by atoms with Gasteiger partial charge >= 0.3 is 0 Å². The van der Waals surface area contributed by atoms with Crippen LogP contribution in [0.25, 0.3) is 0 Å². The van der Waals surface area contributed by atoms with Gasteiger partial charge in [-0.05, 0) is 56.7 Å². The molecule has 0 saturated carbocycles.